The van der Waals surface area contributed by atoms with E-state index in [0.29, 0.717) is 19.0 Å². The average molecular weight is 227 g/mol. The number of carboxylic acids is 1. The van der Waals surface area contributed by atoms with Gasteiger partial charge < -0.3 is 15.2 Å². The fourth-order valence-electron chi connectivity index (χ4n) is 2.61. The monoisotopic (exact) mass is 227 g/mol. The Balaban J connectivity index is 1.75. The second-order valence-corrected chi connectivity index (χ2v) is 5.17. The van der Waals surface area contributed by atoms with Gasteiger partial charge in [0.15, 0.2) is 0 Å². The van der Waals surface area contributed by atoms with Crippen LogP contribution in [0.3, 0.4) is 0 Å². The number of nitrogens with one attached hydrogen (secondary N) is 1. The van der Waals surface area contributed by atoms with Crippen LogP contribution in [0, 0.1) is 5.92 Å². The molecule has 0 atom stereocenters. The summed E-state index contributed by atoms with van der Waals surface area (Å²) in [5.74, 6) is -0.106. The molecular formula is C12H21NO3. The van der Waals surface area contributed by atoms with Crippen LogP contribution in [0.4, 0.5) is 0 Å². The Morgan fingerprint density at radius 1 is 1.31 bits per heavy atom. The maximum Gasteiger partial charge on any atom is 0.306 e. The van der Waals surface area contributed by atoms with Gasteiger partial charge in [0, 0.05) is 13.1 Å². The normalized spacial score (nSPS) is 25.0. The van der Waals surface area contributed by atoms with Gasteiger partial charge in [0.05, 0.1) is 13.0 Å². The summed E-state index contributed by atoms with van der Waals surface area (Å²) in [6, 6.07) is 0. The SMILES string of the molecule is O=C(O)CC1(OCC2CCCCC2)CNC1. The van der Waals surface area contributed by atoms with Crippen molar-refractivity contribution < 1.29 is 14.6 Å². The van der Waals surface area contributed by atoms with Crippen molar-refractivity contribution in [2.24, 2.45) is 5.92 Å². The van der Waals surface area contributed by atoms with E-state index in [1.165, 1.54) is 32.1 Å². The van der Waals surface area contributed by atoms with Crippen LogP contribution in [0.25, 0.3) is 0 Å². The Morgan fingerprint density at radius 2 is 2.00 bits per heavy atom. The van der Waals surface area contributed by atoms with Gasteiger partial charge in [-0.05, 0) is 18.8 Å². The van der Waals surface area contributed by atoms with Crippen molar-refractivity contribution in [2.75, 3.05) is 19.7 Å². The van der Waals surface area contributed by atoms with Crippen LogP contribution in [-0.4, -0.2) is 36.4 Å². The summed E-state index contributed by atoms with van der Waals surface area (Å²) in [5, 5.41) is 12.0. The zero-order chi connectivity index (χ0) is 11.4. The molecule has 0 radical (unpaired) electrons. The van der Waals surface area contributed by atoms with Gasteiger partial charge in [-0.2, -0.15) is 0 Å². The Kier molecular flexibility index (Phi) is 3.82. The topological polar surface area (TPSA) is 58.6 Å². The van der Waals surface area contributed by atoms with Crippen molar-refractivity contribution >= 4 is 5.97 Å². The summed E-state index contributed by atoms with van der Waals surface area (Å²) in [5.41, 5.74) is -0.413. The molecule has 1 saturated carbocycles. The standard InChI is InChI=1S/C12H21NO3/c14-11(15)6-12(8-13-9-12)16-7-10-4-2-1-3-5-10/h10,13H,1-9H2,(H,14,15). The summed E-state index contributed by atoms with van der Waals surface area (Å²) in [7, 11) is 0. The fraction of sp³-hybridized carbons (Fsp3) is 0.917. The Bertz CT molecular complexity index is 245. The molecule has 16 heavy (non-hydrogen) atoms. The van der Waals surface area contributed by atoms with Gasteiger partial charge in [0.25, 0.3) is 0 Å². The van der Waals surface area contributed by atoms with Gasteiger partial charge in [-0.25, -0.2) is 0 Å². The van der Waals surface area contributed by atoms with Crippen molar-refractivity contribution in [2.45, 2.75) is 44.1 Å². The van der Waals surface area contributed by atoms with Crippen LogP contribution in [0.1, 0.15) is 38.5 Å². The first-order chi connectivity index (χ1) is 7.70. The van der Waals surface area contributed by atoms with Gasteiger partial charge >= 0.3 is 5.97 Å². The van der Waals surface area contributed by atoms with E-state index in [-0.39, 0.29) is 6.42 Å². The number of hydrogen-bond acceptors (Lipinski definition) is 3. The van der Waals surface area contributed by atoms with E-state index in [9.17, 15) is 4.79 Å². The minimum atomic E-state index is -0.759. The third-order valence-corrected chi connectivity index (χ3v) is 3.72. The summed E-state index contributed by atoms with van der Waals surface area (Å²) in [6.07, 6.45) is 6.58. The lowest BCUT2D eigenvalue weighted by Crippen LogP contribution is -2.62. The van der Waals surface area contributed by atoms with E-state index >= 15 is 0 Å². The largest absolute Gasteiger partial charge is 0.481 e. The fourth-order valence-corrected chi connectivity index (χ4v) is 2.61. The van der Waals surface area contributed by atoms with E-state index in [4.69, 9.17) is 9.84 Å². The van der Waals surface area contributed by atoms with Crippen LogP contribution in [0.5, 0.6) is 0 Å². The minimum Gasteiger partial charge on any atom is -0.481 e. The van der Waals surface area contributed by atoms with E-state index in [1.54, 1.807) is 0 Å². The number of ether oxygens (including phenoxy) is 1. The molecule has 0 bridgehead atoms. The molecule has 0 spiro atoms. The zero-order valence-corrected chi connectivity index (χ0v) is 9.71. The van der Waals surface area contributed by atoms with Crippen molar-refractivity contribution in [1.82, 2.24) is 5.32 Å². The van der Waals surface area contributed by atoms with Gasteiger partial charge in [-0.1, -0.05) is 19.3 Å². The number of rotatable bonds is 5. The predicted molar refractivity (Wildman–Crippen MR) is 60.4 cm³/mol. The molecular weight excluding hydrogens is 206 g/mol. The molecule has 0 aromatic heterocycles. The van der Waals surface area contributed by atoms with Gasteiger partial charge in [-0.3, -0.25) is 4.79 Å². The maximum atomic E-state index is 10.8. The Labute approximate surface area is 96.4 Å². The molecule has 4 heteroatoms. The first kappa shape index (κ1) is 11.9. The highest BCUT2D eigenvalue weighted by molar-refractivity contribution is 5.68. The minimum absolute atomic E-state index is 0.132. The quantitative estimate of drug-likeness (QED) is 0.745. The van der Waals surface area contributed by atoms with Gasteiger partial charge in [0.1, 0.15) is 5.60 Å². The van der Waals surface area contributed by atoms with E-state index in [2.05, 4.69) is 5.32 Å². The summed E-state index contributed by atoms with van der Waals surface area (Å²) < 4.78 is 5.87. The molecule has 2 aliphatic rings. The molecule has 1 heterocycles. The zero-order valence-electron chi connectivity index (χ0n) is 9.71. The maximum absolute atomic E-state index is 10.8. The van der Waals surface area contributed by atoms with Crippen LogP contribution in [0.15, 0.2) is 0 Å². The number of aliphatic carboxylic acids is 1. The van der Waals surface area contributed by atoms with Crippen molar-refractivity contribution in [3.63, 3.8) is 0 Å². The first-order valence-electron chi connectivity index (χ1n) is 6.27. The van der Waals surface area contributed by atoms with Gasteiger partial charge in [0.2, 0.25) is 0 Å². The second kappa shape index (κ2) is 5.15. The number of carboxylic acid groups (broad SMARTS) is 1. The molecule has 1 aliphatic heterocycles. The molecule has 1 aliphatic carbocycles. The van der Waals surface area contributed by atoms with Crippen molar-refractivity contribution in [3.8, 4) is 0 Å². The second-order valence-electron chi connectivity index (χ2n) is 5.17. The third kappa shape index (κ3) is 2.95. The van der Waals surface area contributed by atoms with Crippen molar-refractivity contribution in [1.29, 1.82) is 0 Å². The van der Waals surface area contributed by atoms with Crippen LogP contribution in [-0.2, 0) is 9.53 Å². The van der Waals surface area contributed by atoms with E-state index in [0.717, 1.165) is 6.61 Å². The predicted octanol–water partition coefficient (Wildman–Crippen LogP) is 1.40. The molecule has 4 nitrogen and oxygen atoms in total. The first-order valence-corrected chi connectivity index (χ1v) is 6.27. The molecule has 2 rings (SSSR count). The summed E-state index contributed by atoms with van der Waals surface area (Å²) >= 11 is 0. The molecule has 0 unspecified atom stereocenters. The Morgan fingerprint density at radius 3 is 2.50 bits per heavy atom. The highest BCUT2D eigenvalue weighted by atomic mass is 16.5. The highest BCUT2D eigenvalue weighted by Crippen LogP contribution is 2.28. The van der Waals surface area contributed by atoms with Crippen LogP contribution in [0.2, 0.25) is 0 Å². The third-order valence-electron chi connectivity index (χ3n) is 3.72. The molecule has 0 amide bonds. The number of carbonyl (C=O) groups is 1. The molecule has 0 aromatic carbocycles. The van der Waals surface area contributed by atoms with Gasteiger partial charge in [-0.15, -0.1) is 0 Å². The molecule has 0 aromatic rings. The Hall–Kier alpha value is -0.610. The highest BCUT2D eigenvalue weighted by Gasteiger charge is 2.40. The molecule has 1 saturated heterocycles. The molecule has 2 N–H and O–H groups in total. The summed E-state index contributed by atoms with van der Waals surface area (Å²) in [6.45, 7) is 2.12. The molecule has 92 valence electrons. The van der Waals surface area contributed by atoms with Crippen LogP contribution >= 0.6 is 0 Å². The average Bonchev–Trinajstić information content (AvgIpc) is 2.23. The number of hydrogen-bond donors (Lipinski definition) is 2. The lowest BCUT2D eigenvalue weighted by atomic mass is 9.88. The van der Waals surface area contributed by atoms with Crippen molar-refractivity contribution in [3.05, 3.63) is 0 Å². The lowest BCUT2D eigenvalue weighted by Gasteiger charge is -2.42. The van der Waals surface area contributed by atoms with Crippen LogP contribution < -0.4 is 5.32 Å². The summed E-state index contributed by atoms with van der Waals surface area (Å²) in [4.78, 5) is 10.8. The molecule has 2 fully saturated rings. The lowest BCUT2D eigenvalue weighted by molar-refractivity contribution is -0.152. The van der Waals surface area contributed by atoms with E-state index in [1.807, 2.05) is 0 Å². The van der Waals surface area contributed by atoms with E-state index < -0.39 is 11.6 Å². The smallest absolute Gasteiger partial charge is 0.306 e.